The molecule has 0 unspecified atom stereocenters. The summed E-state index contributed by atoms with van der Waals surface area (Å²) in [5, 5.41) is 20.6. The number of fused-ring (bicyclic) bond motifs is 1. The van der Waals surface area contributed by atoms with E-state index in [9.17, 15) is 14.9 Å². The maximum absolute atomic E-state index is 11.3. The van der Waals surface area contributed by atoms with Crippen molar-refractivity contribution in [1.82, 2.24) is 4.57 Å². The Balaban J connectivity index is 2.96. The van der Waals surface area contributed by atoms with Crippen LogP contribution >= 0.6 is 0 Å². The number of nitro groups is 1. The minimum absolute atomic E-state index is 0.103. The summed E-state index contributed by atoms with van der Waals surface area (Å²) in [5.41, 5.74) is 1.12. The van der Waals surface area contributed by atoms with Crippen molar-refractivity contribution in [3.8, 4) is 5.75 Å². The first-order chi connectivity index (χ1) is 9.56. The lowest BCUT2D eigenvalue weighted by atomic mass is 10.1. The number of aromatic nitrogens is 1. The van der Waals surface area contributed by atoms with Crippen molar-refractivity contribution >= 4 is 22.9 Å². The van der Waals surface area contributed by atoms with Crippen LogP contribution in [0.5, 0.6) is 5.75 Å². The summed E-state index contributed by atoms with van der Waals surface area (Å²) in [5.74, 6) is 0.103. The molecule has 20 heavy (non-hydrogen) atoms. The van der Waals surface area contributed by atoms with Gasteiger partial charge < -0.3 is 14.4 Å². The number of hydrogen-bond donors (Lipinski definition) is 1. The van der Waals surface area contributed by atoms with Gasteiger partial charge in [0.25, 0.3) is 0 Å². The quantitative estimate of drug-likeness (QED) is 0.507. The van der Waals surface area contributed by atoms with Crippen molar-refractivity contribution in [3.63, 3.8) is 0 Å². The third-order valence-corrected chi connectivity index (χ3v) is 3.33. The second-order valence-corrected chi connectivity index (χ2v) is 4.28. The second kappa shape index (κ2) is 5.30. The molecule has 0 saturated carbocycles. The first kappa shape index (κ1) is 14.0. The van der Waals surface area contributed by atoms with Gasteiger partial charge in [-0.05, 0) is 12.1 Å². The van der Waals surface area contributed by atoms with Crippen LogP contribution in [-0.2, 0) is 13.5 Å². The van der Waals surface area contributed by atoms with Gasteiger partial charge in [-0.2, -0.15) is 0 Å². The van der Waals surface area contributed by atoms with Crippen molar-refractivity contribution in [2.24, 2.45) is 7.05 Å². The van der Waals surface area contributed by atoms with Crippen LogP contribution in [0.1, 0.15) is 16.1 Å². The van der Waals surface area contributed by atoms with E-state index in [-0.39, 0.29) is 35.4 Å². The van der Waals surface area contributed by atoms with E-state index in [2.05, 4.69) is 0 Å². The predicted molar refractivity (Wildman–Crippen MR) is 72.3 cm³/mol. The Morgan fingerprint density at radius 1 is 1.50 bits per heavy atom. The van der Waals surface area contributed by atoms with Gasteiger partial charge in [-0.3, -0.25) is 14.9 Å². The average molecular weight is 278 g/mol. The summed E-state index contributed by atoms with van der Waals surface area (Å²) in [6, 6.07) is 3.16. The molecule has 0 aliphatic carbocycles. The van der Waals surface area contributed by atoms with Gasteiger partial charge >= 0.3 is 5.69 Å². The van der Waals surface area contributed by atoms with Crippen LogP contribution in [0.4, 0.5) is 5.69 Å². The van der Waals surface area contributed by atoms with Crippen LogP contribution < -0.4 is 4.74 Å². The molecule has 2 rings (SSSR count). The summed E-state index contributed by atoms with van der Waals surface area (Å²) < 4.78 is 6.69. The zero-order valence-electron chi connectivity index (χ0n) is 11.1. The molecule has 1 heterocycles. The number of rotatable bonds is 5. The Hall–Kier alpha value is -2.41. The van der Waals surface area contributed by atoms with E-state index < -0.39 is 4.92 Å². The maximum Gasteiger partial charge on any atom is 0.320 e. The fourth-order valence-corrected chi connectivity index (χ4v) is 2.46. The molecule has 7 nitrogen and oxygen atoms in total. The average Bonchev–Trinajstić information content (AvgIpc) is 2.70. The van der Waals surface area contributed by atoms with Gasteiger partial charge in [-0.15, -0.1) is 0 Å². The summed E-state index contributed by atoms with van der Waals surface area (Å²) in [6.45, 7) is -0.143. The summed E-state index contributed by atoms with van der Waals surface area (Å²) in [7, 11) is 3.04. The lowest BCUT2D eigenvalue weighted by Gasteiger charge is -2.04. The predicted octanol–water partition coefficient (Wildman–Crippen LogP) is 1.44. The van der Waals surface area contributed by atoms with E-state index in [4.69, 9.17) is 9.84 Å². The van der Waals surface area contributed by atoms with Gasteiger partial charge in [0.15, 0.2) is 12.0 Å². The van der Waals surface area contributed by atoms with Crippen LogP contribution in [0.2, 0.25) is 0 Å². The number of aryl methyl sites for hydroxylation is 1. The van der Waals surface area contributed by atoms with E-state index >= 15 is 0 Å². The lowest BCUT2D eigenvalue weighted by Crippen LogP contribution is -2.01. The minimum Gasteiger partial charge on any atom is -0.490 e. The number of carbonyl (C=O) groups is 1. The number of benzene rings is 1. The molecule has 106 valence electrons. The molecule has 0 bridgehead atoms. The number of aliphatic hydroxyl groups is 1. The molecular formula is C13H14N2O5. The summed E-state index contributed by atoms with van der Waals surface area (Å²) in [4.78, 5) is 22.1. The van der Waals surface area contributed by atoms with Crippen LogP contribution in [0, 0.1) is 10.1 Å². The van der Waals surface area contributed by atoms with Crippen LogP contribution in [0.15, 0.2) is 12.1 Å². The molecule has 0 amide bonds. The molecule has 7 heteroatoms. The number of nitrogens with zero attached hydrogens (tertiary/aromatic N) is 2. The molecule has 1 N–H and O–H groups in total. The summed E-state index contributed by atoms with van der Waals surface area (Å²) in [6.07, 6.45) is 0.832. The SMILES string of the molecule is COc1ccc2c(c(C=O)c(CCO)n2C)c1[N+](=O)[O-]. The van der Waals surface area contributed by atoms with Crippen LogP contribution in [0.25, 0.3) is 10.9 Å². The van der Waals surface area contributed by atoms with Gasteiger partial charge in [-0.25, -0.2) is 0 Å². The van der Waals surface area contributed by atoms with Gasteiger partial charge in [0.1, 0.15) is 0 Å². The Morgan fingerprint density at radius 3 is 2.70 bits per heavy atom. The molecule has 1 aromatic carbocycles. The third-order valence-electron chi connectivity index (χ3n) is 3.33. The smallest absolute Gasteiger partial charge is 0.320 e. The van der Waals surface area contributed by atoms with E-state index in [1.54, 1.807) is 17.7 Å². The Kier molecular flexibility index (Phi) is 3.71. The molecule has 0 aliphatic rings. The first-order valence-corrected chi connectivity index (χ1v) is 5.95. The van der Waals surface area contributed by atoms with Gasteiger partial charge in [0.05, 0.1) is 28.5 Å². The zero-order chi connectivity index (χ0) is 14.9. The standard InChI is InChI=1S/C13H14N2O5/c1-14-9(5-6-16)8(7-17)12-10(14)3-4-11(20-2)13(12)15(18)19/h3-4,7,16H,5-6H2,1-2H3. The van der Waals surface area contributed by atoms with E-state index in [1.165, 1.54) is 13.2 Å². The minimum atomic E-state index is -0.559. The second-order valence-electron chi connectivity index (χ2n) is 4.28. The zero-order valence-corrected chi connectivity index (χ0v) is 11.1. The Labute approximate surface area is 114 Å². The number of methoxy groups -OCH3 is 1. The van der Waals surface area contributed by atoms with Crippen molar-refractivity contribution in [1.29, 1.82) is 0 Å². The number of nitro benzene ring substituents is 1. The van der Waals surface area contributed by atoms with Crippen LogP contribution in [-0.4, -0.2) is 34.6 Å². The molecule has 1 aromatic heterocycles. The van der Waals surface area contributed by atoms with Crippen molar-refractivity contribution in [3.05, 3.63) is 33.5 Å². The van der Waals surface area contributed by atoms with Gasteiger partial charge in [-0.1, -0.05) is 0 Å². The highest BCUT2D eigenvalue weighted by Gasteiger charge is 2.26. The number of carbonyl (C=O) groups excluding carboxylic acids is 1. The molecule has 0 aliphatic heterocycles. The largest absolute Gasteiger partial charge is 0.490 e. The van der Waals surface area contributed by atoms with Crippen molar-refractivity contribution in [2.75, 3.05) is 13.7 Å². The lowest BCUT2D eigenvalue weighted by molar-refractivity contribution is -0.383. The van der Waals surface area contributed by atoms with Crippen LogP contribution in [0.3, 0.4) is 0 Å². The topological polar surface area (TPSA) is 94.6 Å². The molecule has 0 atom stereocenters. The third kappa shape index (κ3) is 1.92. The Morgan fingerprint density at radius 2 is 2.20 bits per heavy atom. The maximum atomic E-state index is 11.3. The fraction of sp³-hybridized carbons (Fsp3) is 0.308. The molecule has 2 aromatic rings. The molecule has 0 saturated heterocycles. The number of aliphatic hydroxyl groups excluding tert-OH is 1. The monoisotopic (exact) mass is 278 g/mol. The number of aldehydes is 1. The normalized spacial score (nSPS) is 10.8. The van der Waals surface area contributed by atoms with Gasteiger partial charge in [0, 0.05) is 25.8 Å². The highest BCUT2D eigenvalue weighted by Crippen LogP contribution is 2.39. The molecule has 0 fully saturated rings. The highest BCUT2D eigenvalue weighted by molar-refractivity contribution is 6.05. The highest BCUT2D eigenvalue weighted by atomic mass is 16.6. The molecule has 0 spiro atoms. The van der Waals surface area contributed by atoms with E-state index in [0.29, 0.717) is 17.5 Å². The molecule has 0 radical (unpaired) electrons. The fourth-order valence-electron chi connectivity index (χ4n) is 2.46. The van der Waals surface area contributed by atoms with E-state index in [1.807, 2.05) is 0 Å². The van der Waals surface area contributed by atoms with Crippen molar-refractivity contribution in [2.45, 2.75) is 6.42 Å². The van der Waals surface area contributed by atoms with Gasteiger partial charge in [0.2, 0.25) is 0 Å². The van der Waals surface area contributed by atoms with E-state index in [0.717, 1.165) is 0 Å². The Bertz CT molecular complexity index is 690. The number of ether oxygens (including phenoxy) is 1. The molecular weight excluding hydrogens is 264 g/mol. The number of hydrogen-bond acceptors (Lipinski definition) is 5. The summed E-state index contributed by atoms with van der Waals surface area (Å²) >= 11 is 0. The van der Waals surface area contributed by atoms with Crippen molar-refractivity contribution < 1.29 is 19.6 Å². The first-order valence-electron chi connectivity index (χ1n) is 5.95.